The fraction of sp³-hybridized carbons (Fsp3) is 0.771. The first kappa shape index (κ1) is 47.6. The maximum absolute atomic E-state index is 14.3. The van der Waals surface area contributed by atoms with Crippen LogP contribution in [0.15, 0.2) is 59.3 Å². The first-order valence-electron chi connectivity index (χ1n) is 22.9. The minimum atomic E-state index is -1.84. The highest BCUT2D eigenvalue weighted by Crippen LogP contribution is 2.47. The first-order chi connectivity index (χ1) is 29.5. The molecule has 14 heteroatoms. The molecule has 62 heavy (non-hydrogen) atoms. The lowest BCUT2D eigenvalue weighted by Gasteiger charge is -2.48. The van der Waals surface area contributed by atoms with Crippen LogP contribution in [-0.4, -0.2) is 139 Å². The van der Waals surface area contributed by atoms with Crippen LogP contribution >= 0.6 is 0 Å². The molecular formula is C48H72O14. The Labute approximate surface area is 367 Å². The summed E-state index contributed by atoms with van der Waals surface area (Å²) in [4.78, 5) is 14.3. The zero-order valence-electron chi connectivity index (χ0n) is 38.2. The van der Waals surface area contributed by atoms with Gasteiger partial charge in [-0.1, -0.05) is 70.6 Å². The van der Waals surface area contributed by atoms with E-state index >= 15 is 0 Å². The number of carbonyl (C=O) groups is 1. The van der Waals surface area contributed by atoms with Crippen LogP contribution in [0.1, 0.15) is 93.9 Å². The number of aliphatic hydroxyl groups is 3. The zero-order chi connectivity index (χ0) is 44.7. The van der Waals surface area contributed by atoms with Gasteiger partial charge in [0.05, 0.1) is 49.3 Å². The van der Waals surface area contributed by atoms with Crippen molar-refractivity contribution in [2.45, 2.75) is 191 Å². The molecule has 0 aromatic carbocycles. The second-order valence-electron chi connectivity index (χ2n) is 19.0. The van der Waals surface area contributed by atoms with Crippen LogP contribution in [0.3, 0.4) is 0 Å². The summed E-state index contributed by atoms with van der Waals surface area (Å²) in [5.41, 5.74) is 0.134. The summed E-state index contributed by atoms with van der Waals surface area (Å²) in [7, 11) is 3.22. The van der Waals surface area contributed by atoms with Crippen molar-refractivity contribution in [3.63, 3.8) is 0 Å². The van der Waals surface area contributed by atoms with Gasteiger partial charge in [-0.05, 0) is 62.8 Å². The maximum Gasteiger partial charge on any atom is 0.316 e. The van der Waals surface area contributed by atoms with Crippen LogP contribution in [0.25, 0.3) is 0 Å². The van der Waals surface area contributed by atoms with Gasteiger partial charge in [0.2, 0.25) is 0 Å². The summed E-state index contributed by atoms with van der Waals surface area (Å²) < 4.78 is 63.7. The molecule has 1 aliphatic carbocycles. The van der Waals surface area contributed by atoms with Gasteiger partial charge in [-0.3, -0.25) is 4.79 Å². The van der Waals surface area contributed by atoms with Crippen molar-refractivity contribution in [2.24, 2.45) is 23.7 Å². The van der Waals surface area contributed by atoms with E-state index in [4.69, 9.17) is 47.4 Å². The molecule has 0 aromatic heterocycles. The van der Waals surface area contributed by atoms with Gasteiger partial charge in [-0.15, -0.1) is 0 Å². The van der Waals surface area contributed by atoms with Crippen LogP contribution in [0.2, 0.25) is 0 Å². The Morgan fingerprint density at radius 3 is 2.32 bits per heavy atom. The van der Waals surface area contributed by atoms with E-state index in [1.54, 1.807) is 40.2 Å². The Bertz CT molecular complexity index is 1730. The summed E-state index contributed by atoms with van der Waals surface area (Å²) in [5, 5.41) is 34.2. The van der Waals surface area contributed by atoms with E-state index < -0.39 is 90.8 Å². The molecule has 14 nitrogen and oxygen atoms in total. The molecule has 4 saturated heterocycles. The van der Waals surface area contributed by atoms with Gasteiger partial charge in [0.1, 0.15) is 42.0 Å². The lowest BCUT2D eigenvalue weighted by atomic mass is 9.71. The number of fused-ring (bicyclic) bond motifs is 2. The number of rotatable bonds is 8. The molecule has 0 unspecified atom stereocenters. The summed E-state index contributed by atoms with van der Waals surface area (Å²) in [6.45, 7) is 16.1. The van der Waals surface area contributed by atoms with Crippen LogP contribution in [0, 0.1) is 23.7 Å². The summed E-state index contributed by atoms with van der Waals surface area (Å²) in [5.74, 6) is -2.56. The number of allylic oxidation sites excluding steroid dienone is 2. The molecular weight excluding hydrogens is 801 g/mol. The zero-order valence-corrected chi connectivity index (χ0v) is 38.2. The molecule has 6 heterocycles. The summed E-state index contributed by atoms with van der Waals surface area (Å²) in [6, 6.07) is 0. The summed E-state index contributed by atoms with van der Waals surface area (Å²) in [6.07, 6.45) is 8.55. The molecule has 0 saturated carbocycles. The van der Waals surface area contributed by atoms with E-state index in [1.165, 1.54) is 0 Å². The number of aliphatic hydroxyl groups excluding tert-OH is 2. The normalized spacial score (nSPS) is 49.1. The molecule has 0 aromatic rings. The topological polar surface area (TPSA) is 170 Å². The molecule has 7 rings (SSSR count). The highest BCUT2D eigenvalue weighted by molar-refractivity contribution is 5.78. The smallest absolute Gasteiger partial charge is 0.316 e. The Kier molecular flexibility index (Phi) is 15.1. The molecule has 1 spiro atoms. The second-order valence-corrected chi connectivity index (χ2v) is 19.0. The molecule has 4 fully saturated rings. The predicted octanol–water partition coefficient (Wildman–Crippen LogP) is 5.38. The third-order valence-corrected chi connectivity index (χ3v) is 14.5. The fourth-order valence-corrected chi connectivity index (χ4v) is 10.6. The summed E-state index contributed by atoms with van der Waals surface area (Å²) >= 11 is 0. The minimum absolute atomic E-state index is 0.0317. The van der Waals surface area contributed by atoms with Crippen LogP contribution in [0.5, 0.6) is 0 Å². The van der Waals surface area contributed by atoms with Gasteiger partial charge in [0.15, 0.2) is 18.4 Å². The minimum Gasteiger partial charge on any atom is -0.462 e. The molecule has 7 aliphatic rings. The molecule has 6 aliphatic heterocycles. The number of carbonyl (C=O) groups excluding carboxylic acids is 1. The Morgan fingerprint density at radius 1 is 0.887 bits per heavy atom. The molecule has 20 atom stereocenters. The highest BCUT2D eigenvalue weighted by Gasteiger charge is 2.60. The molecule has 3 N–H and O–H groups in total. The van der Waals surface area contributed by atoms with E-state index in [0.717, 1.165) is 12.0 Å². The Morgan fingerprint density at radius 2 is 1.60 bits per heavy atom. The number of hydrogen-bond donors (Lipinski definition) is 3. The number of ether oxygens (including phenoxy) is 10. The van der Waals surface area contributed by atoms with Crippen LogP contribution in [-0.2, 0) is 52.2 Å². The second kappa shape index (κ2) is 19.7. The van der Waals surface area contributed by atoms with Crippen molar-refractivity contribution in [1.82, 2.24) is 0 Å². The Balaban J connectivity index is 1.18. The molecule has 2 bridgehead atoms. The van der Waals surface area contributed by atoms with Gasteiger partial charge in [-0.25, -0.2) is 0 Å². The van der Waals surface area contributed by atoms with Crippen molar-refractivity contribution < 1.29 is 67.5 Å². The number of hydrogen-bond acceptors (Lipinski definition) is 14. The maximum atomic E-state index is 14.3. The fourth-order valence-electron chi connectivity index (χ4n) is 10.6. The van der Waals surface area contributed by atoms with Gasteiger partial charge >= 0.3 is 5.97 Å². The van der Waals surface area contributed by atoms with E-state index in [2.05, 4.69) is 39.8 Å². The number of methoxy groups -OCH3 is 2. The monoisotopic (exact) mass is 872 g/mol. The average Bonchev–Trinajstić information content (AvgIpc) is 3.58. The van der Waals surface area contributed by atoms with E-state index in [-0.39, 0.29) is 42.7 Å². The number of esters is 1. The van der Waals surface area contributed by atoms with Gasteiger partial charge in [-0.2, -0.15) is 0 Å². The highest BCUT2D eigenvalue weighted by atomic mass is 16.7. The SMILES string of the molecule is CC[C@@H](C)[C@@H]1O[C@@]2(C=C[C@H]1C)C[C@H]1C[C@H](C/C=C(\C)[C@H](O[C@@H]3C[C@@H](OC)[C@H](O[C@@H]4C[C@@H](OC)[C@H](O)[C@@H](C)O4)[C@@H](C)O3)[C@H](C)/C=C/C=C3\CO[C@H]4[C@@H](O)C(C)=C[C@H](C(=O)O1)[C@@]34O)O2. The molecule has 0 radical (unpaired) electrons. The lowest BCUT2D eigenvalue weighted by molar-refractivity contribution is -0.318. The van der Waals surface area contributed by atoms with E-state index in [0.29, 0.717) is 43.3 Å². The third-order valence-electron chi connectivity index (χ3n) is 14.5. The molecule has 0 amide bonds. The van der Waals surface area contributed by atoms with Gasteiger partial charge in [0.25, 0.3) is 0 Å². The average molecular weight is 873 g/mol. The lowest BCUT2D eigenvalue weighted by Crippen LogP contribution is -2.58. The van der Waals surface area contributed by atoms with Crippen LogP contribution < -0.4 is 0 Å². The van der Waals surface area contributed by atoms with Crippen molar-refractivity contribution in [3.8, 4) is 0 Å². The van der Waals surface area contributed by atoms with Crippen molar-refractivity contribution >= 4 is 5.97 Å². The third kappa shape index (κ3) is 9.64. The standard InChI is InChI=1S/C48H72O14/c1-11-25(2)43-28(5)17-18-47(62-43)23-34-20-33(61-47)16-15-27(4)42(26(3)13-12-14-32-24-55-45-40(49)29(6)19-35(46(51)58-34)48(32,45)52)59-39-22-37(54-10)44(31(8)57-39)60-38-21-36(53-9)41(50)30(7)56-38/h12-15,17-19,25-26,28,30-31,33-45,49-50,52H,11,16,20-24H2,1-10H3/b13-12+,27-15+,32-14+/t25-,26-,28-,30-,31-,33+,34-,35-,36-,37-,38-,39-,40+,41-,42-,43+,44-,45+,47+,48+/m1/s1. The van der Waals surface area contributed by atoms with Gasteiger partial charge < -0.3 is 62.7 Å². The van der Waals surface area contributed by atoms with Crippen molar-refractivity contribution in [2.75, 3.05) is 20.8 Å². The van der Waals surface area contributed by atoms with Crippen molar-refractivity contribution in [3.05, 3.63) is 59.3 Å². The van der Waals surface area contributed by atoms with Gasteiger partial charge in [0, 0.05) is 51.7 Å². The van der Waals surface area contributed by atoms with Crippen molar-refractivity contribution in [1.29, 1.82) is 0 Å². The van der Waals surface area contributed by atoms with E-state index in [9.17, 15) is 20.1 Å². The first-order valence-corrected chi connectivity index (χ1v) is 22.9. The largest absolute Gasteiger partial charge is 0.462 e. The van der Waals surface area contributed by atoms with Crippen LogP contribution in [0.4, 0.5) is 0 Å². The molecule has 348 valence electrons. The van der Waals surface area contributed by atoms with E-state index in [1.807, 2.05) is 32.1 Å². The Hall–Kier alpha value is -2.31. The quantitative estimate of drug-likeness (QED) is 0.210. The predicted molar refractivity (Wildman–Crippen MR) is 227 cm³/mol.